The smallest absolute Gasteiger partial charge is 0.251 e. The van der Waals surface area contributed by atoms with Crippen molar-refractivity contribution in [2.75, 3.05) is 32.7 Å². The Hall–Kier alpha value is -0.480. The first kappa shape index (κ1) is 14.9. The lowest BCUT2D eigenvalue weighted by molar-refractivity contribution is 0.0891. The number of nitrogens with zero attached hydrogens (tertiary/aromatic N) is 2. The lowest BCUT2D eigenvalue weighted by atomic mass is 10.0. The maximum absolute atomic E-state index is 12.4. The van der Waals surface area contributed by atoms with Crippen LogP contribution in [0.2, 0.25) is 0 Å². The molecule has 0 aromatic heterocycles. The van der Waals surface area contributed by atoms with Crippen LogP contribution in [0.3, 0.4) is 0 Å². The summed E-state index contributed by atoms with van der Waals surface area (Å²) in [6.07, 6.45) is 9.83. The van der Waals surface area contributed by atoms with Gasteiger partial charge in [-0.15, -0.1) is 0 Å². The Labute approximate surface area is 115 Å². The van der Waals surface area contributed by atoms with Gasteiger partial charge in [-0.05, 0) is 38.8 Å². The quantitative estimate of drug-likeness (QED) is 0.728. The first-order chi connectivity index (χ1) is 9.25. The van der Waals surface area contributed by atoms with Crippen molar-refractivity contribution < 1.29 is 8.78 Å². The summed E-state index contributed by atoms with van der Waals surface area (Å²) in [7, 11) is 0. The molecule has 1 aliphatic carbocycles. The van der Waals surface area contributed by atoms with Gasteiger partial charge in [-0.3, -0.25) is 9.80 Å². The van der Waals surface area contributed by atoms with Crippen LogP contribution in [0, 0.1) is 0 Å². The van der Waals surface area contributed by atoms with Gasteiger partial charge in [0.15, 0.2) is 0 Å². The average molecular weight is 272 g/mol. The fourth-order valence-corrected chi connectivity index (χ4v) is 3.15. The summed E-state index contributed by atoms with van der Waals surface area (Å²) in [5.41, 5.74) is 0. The van der Waals surface area contributed by atoms with Crippen molar-refractivity contribution in [3.05, 3.63) is 12.2 Å². The lowest BCUT2D eigenvalue weighted by Gasteiger charge is -2.29. The van der Waals surface area contributed by atoms with Gasteiger partial charge in [0.1, 0.15) is 0 Å². The van der Waals surface area contributed by atoms with Crippen molar-refractivity contribution in [1.29, 1.82) is 0 Å². The molecule has 19 heavy (non-hydrogen) atoms. The van der Waals surface area contributed by atoms with Gasteiger partial charge in [-0.1, -0.05) is 25.0 Å². The molecule has 0 aromatic rings. The highest BCUT2D eigenvalue weighted by molar-refractivity contribution is 4.96. The van der Waals surface area contributed by atoms with Gasteiger partial charge in [-0.25, -0.2) is 8.78 Å². The van der Waals surface area contributed by atoms with Gasteiger partial charge in [0.2, 0.25) is 0 Å². The molecule has 0 aromatic carbocycles. The summed E-state index contributed by atoms with van der Waals surface area (Å²) in [6.45, 7) is 3.52. The van der Waals surface area contributed by atoms with Gasteiger partial charge < -0.3 is 0 Å². The first-order valence-electron chi connectivity index (χ1n) is 7.67. The van der Waals surface area contributed by atoms with Crippen LogP contribution in [0.4, 0.5) is 8.78 Å². The summed E-state index contributed by atoms with van der Waals surface area (Å²) < 4.78 is 24.9. The largest absolute Gasteiger partial charge is 0.296 e. The van der Waals surface area contributed by atoms with E-state index in [9.17, 15) is 8.78 Å². The maximum atomic E-state index is 12.4. The number of halogens is 2. The van der Waals surface area contributed by atoms with Crippen molar-refractivity contribution >= 4 is 0 Å². The summed E-state index contributed by atoms with van der Waals surface area (Å²) in [5.74, 6) is 0. The van der Waals surface area contributed by atoms with Crippen LogP contribution in [0.5, 0.6) is 0 Å². The lowest BCUT2D eigenvalue weighted by Crippen LogP contribution is -2.38. The molecule has 0 radical (unpaired) electrons. The molecule has 1 saturated heterocycles. The van der Waals surface area contributed by atoms with E-state index in [-0.39, 0.29) is 6.54 Å². The maximum Gasteiger partial charge on any atom is 0.251 e. The predicted octanol–water partition coefficient (Wildman–Crippen LogP) is 3.15. The third-order valence-electron chi connectivity index (χ3n) is 4.22. The van der Waals surface area contributed by atoms with Crippen molar-refractivity contribution in [3.8, 4) is 0 Å². The van der Waals surface area contributed by atoms with E-state index >= 15 is 0 Å². The molecular formula is C15H26F2N2. The van der Waals surface area contributed by atoms with E-state index in [4.69, 9.17) is 0 Å². The van der Waals surface area contributed by atoms with Crippen LogP contribution in [0.1, 0.15) is 38.5 Å². The van der Waals surface area contributed by atoms with Gasteiger partial charge in [0, 0.05) is 19.1 Å². The van der Waals surface area contributed by atoms with E-state index in [0.29, 0.717) is 6.04 Å². The minimum absolute atomic E-state index is 0.0612. The van der Waals surface area contributed by atoms with Gasteiger partial charge in [0.05, 0.1) is 6.54 Å². The number of hydrogen-bond acceptors (Lipinski definition) is 2. The van der Waals surface area contributed by atoms with E-state index in [0.717, 1.165) is 32.6 Å². The third-order valence-corrected chi connectivity index (χ3v) is 4.22. The molecular weight excluding hydrogens is 246 g/mol. The summed E-state index contributed by atoms with van der Waals surface area (Å²) in [6, 6.07) is 0.534. The van der Waals surface area contributed by atoms with Crippen molar-refractivity contribution in [2.24, 2.45) is 0 Å². The monoisotopic (exact) mass is 272 g/mol. The molecule has 2 nitrogen and oxygen atoms in total. The molecule has 0 N–H and O–H groups in total. The number of rotatable bonds is 3. The van der Waals surface area contributed by atoms with E-state index in [1.807, 2.05) is 4.90 Å². The van der Waals surface area contributed by atoms with E-state index in [1.54, 1.807) is 0 Å². The highest BCUT2D eigenvalue weighted by Gasteiger charge is 2.21. The molecule has 1 unspecified atom stereocenters. The second kappa shape index (κ2) is 7.95. The normalized spacial score (nSPS) is 29.7. The van der Waals surface area contributed by atoms with Crippen LogP contribution in [0.15, 0.2) is 12.2 Å². The Morgan fingerprint density at radius 2 is 1.89 bits per heavy atom. The first-order valence-corrected chi connectivity index (χ1v) is 7.67. The highest BCUT2D eigenvalue weighted by Crippen LogP contribution is 2.18. The zero-order valence-electron chi connectivity index (χ0n) is 11.7. The molecule has 0 bridgehead atoms. The van der Waals surface area contributed by atoms with Crippen LogP contribution in [0.25, 0.3) is 0 Å². The van der Waals surface area contributed by atoms with Crippen LogP contribution < -0.4 is 0 Å². The Morgan fingerprint density at radius 1 is 1.00 bits per heavy atom. The summed E-state index contributed by atoms with van der Waals surface area (Å²) in [4.78, 5) is 4.41. The molecule has 0 spiro atoms. The van der Waals surface area contributed by atoms with E-state index < -0.39 is 6.43 Å². The summed E-state index contributed by atoms with van der Waals surface area (Å²) in [5, 5.41) is 0. The standard InChI is InChI=1S/C15H26F2N2/c16-15(17)13-18-9-6-10-19(12-11-18)14-7-4-2-1-3-5-8-14/h4,7,14-15H,1-3,5-6,8-13H2/b7-4-. The van der Waals surface area contributed by atoms with Crippen LogP contribution >= 0.6 is 0 Å². The molecule has 1 heterocycles. The second-order valence-electron chi connectivity index (χ2n) is 5.71. The van der Waals surface area contributed by atoms with Crippen molar-refractivity contribution in [1.82, 2.24) is 9.80 Å². The number of alkyl halides is 2. The molecule has 1 aliphatic heterocycles. The fourth-order valence-electron chi connectivity index (χ4n) is 3.15. The molecule has 2 rings (SSSR count). The Morgan fingerprint density at radius 3 is 2.74 bits per heavy atom. The summed E-state index contributed by atoms with van der Waals surface area (Å²) >= 11 is 0. The van der Waals surface area contributed by atoms with Crippen LogP contribution in [-0.4, -0.2) is 55.0 Å². The van der Waals surface area contributed by atoms with Gasteiger partial charge >= 0.3 is 0 Å². The Balaban J connectivity index is 1.85. The topological polar surface area (TPSA) is 6.48 Å². The number of hydrogen-bond donors (Lipinski definition) is 0. The zero-order valence-corrected chi connectivity index (χ0v) is 11.7. The third kappa shape index (κ3) is 5.19. The molecule has 1 atom stereocenters. The minimum atomic E-state index is -2.20. The molecule has 2 aliphatic rings. The second-order valence-corrected chi connectivity index (χ2v) is 5.71. The minimum Gasteiger partial charge on any atom is -0.296 e. The zero-order chi connectivity index (χ0) is 13.5. The van der Waals surface area contributed by atoms with Crippen LogP contribution in [-0.2, 0) is 0 Å². The van der Waals surface area contributed by atoms with Gasteiger partial charge in [-0.2, -0.15) is 0 Å². The van der Waals surface area contributed by atoms with E-state index in [2.05, 4.69) is 17.1 Å². The molecule has 1 fully saturated rings. The van der Waals surface area contributed by atoms with Gasteiger partial charge in [0.25, 0.3) is 6.43 Å². The Kier molecular flexibility index (Phi) is 6.24. The van der Waals surface area contributed by atoms with E-state index in [1.165, 1.54) is 32.1 Å². The molecule has 4 heteroatoms. The Bertz CT molecular complexity index is 281. The average Bonchev–Trinajstić information content (AvgIpc) is 2.54. The predicted molar refractivity (Wildman–Crippen MR) is 74.6 cm³/mol. The molecule has 0 amide bonds. The molecule has 110 valence electrons. The number of allylic oxidation sites excluding steroid dienone is 1. The van der Waals surface area contributed by atoms with Crippen molar-refractivity contribution in [2.45, 2.75) is 51.0 Å². The van der Waals surface area contributed by atoms with Crippen molar-refractivity contribution in [3.63, 3.8) is 0 Å². The fraction of sp³-hybridized carbons (Fsp3) is 0.867. The molecule has 0 saturated carbocycles. The highest BCUT2D eigenvalue weighted by atomic mass is 19.3. The SMILES string of the molecule is FC(F)CN1CCCN(C2/C=C\CCCCC2)CC1.